The molecule has 5 aromatic carbocycles. The van der Waals surface area contributed by atoms with Crippen molar-refractivity contribution in [1.82, 2.24) is 0 Å². The molecule has 0 aromatic heterocycles. The molecule has 0 spiro atoms. The molecule has 0 fully saturated rings. The van der Waals surface area contributed by atoms with E-state index in [1.54, 1.807) is 0 Å². The molecule has 0 atom stereocenters. The molecule has 0 saturated heterocycles. The fourth-order valence-electron chi connectivity index (χ4n) is 5.63. The average Bonchev–Trinajstić information content (AvgIpc) is 3.07. The van der Waals surface area contributed by atoms with Gasteiger partial charge in [0.1, 0.15) is 23.0 Å². The second kappa shape index (κ2) is 16.9. The Balaban J connectivity index is 1.50. The third-order valence-corrected chi connectivity index (χ3v) is 7.71. The van der Waals surface area contributed by atoms with Crippen LogP contribution in [0.2, 0.25) is 0 Å². The molecule has 0 heterocycles. The summed E-state index contributed by atoms with van der Waals surface area (Å²) in [6.45, 7) is 16.3. The van der Waals surface area contributed by atoms with Crippen LogP contribution in [0.1, 0.15) is 88.8 Å². The molecular formula is C46H50O4. The molecule has 0 aliphatic rings. The smallest absolute Gasteiger partial charge is 0.119 e. The van der Waals surface area contributed by atoms with Crippen molar-refractivity contribution in [3.63, 3.8) is 0 Å². The zero-order valence-corrected chi connectivity index (χ0v) is 30.6. The molecule has 0 bridgehead atoms. The molecule has 0 aliphatic carbocycles. The fourth-order valence-corrected chi connectivity index (χ4v) is 5.63. The first-order valence-corrected chi connectivity index (χ1v) is 17.6. The quantitative estimate of drug-likeness (QED) is 0.111. The second-order valence-corrected chi connectivity index (χ2v) is 13.5. The summed E-state index contributed by atoms with van der Waals surface area (Å²) < 4.78 is 23.7. The number of hydrogen-bond donors (Lipinski definition) is 0. The molecule has 5 rings (SSSR count). The molecule has 4 heteroatoms. The van der Waals surface area contributed by atoms with Crippen molar-refractivity contribution in [3.05, 3.63) is 155 Å². The molecule has 0 N–H and O–H groups in total. The molecule has 50 heavy (non-hydrogen) atoms. The lowest BCUT2D eigenvalue weighted by Gasteiger charge is -2.14. The lowest BCUT2D eigenvalue weighted by atomic mass is 9.94. The number of benzene rings is 5. The van der Waals surface area contributed by atoms with E-state index in [-0.39, 0.29) is 24.4 Å². The van der Waals surface area contributed by atoms with Crippen LogP contribution in [0.3, 0.4) is 0 Å². The maximum absolute atomic E-state index is 5.92. The molecule has 258 valence electrons. The predicted octanol–water partition coefficient (Wildman–Crippen LogP) is 12.0. The van der Waals surface area contributed by atoms with Crippen LogP contribution in [0, 0.1) is 0 Å². The molecule has 0 unspecified atom stereocenters. The number of hydrogen-bond acceptors (Lipinski definition) is 4. The normalized spacial score (nSPS) is 11.1. The van der Waals surface area contributed by atoms with Gasteiger partial charge in [-0.1, -0.05) is 72.8 Å². The molecule has 4 nitrogen and oxygen atoms in total. The minimum Gasteiger partial charge on any atom is -0.491 e. The van der Waals surface area contributed by atoms with Gasteiger partial charge in [0.25, 0.3) is 0 Å². The van der Waals surface area contributed by atoms with Crippen LogP contribution in [0.4, 0.5) is 0 Å². The Hall–Kier alpha value is -5.22. The van der Waals surface area contributed by atoms with Crippen molar-refractivity contribution in [3.8, 4) is 23.0 Å². The highest BCUT2D eigenvalue weighted by Crippen LogP contribution is 2.32. The van der Waals surface area contributed by atoms with Crippen molar-refractivity contribution in [2.24, 2.45) is 0 Å². The van der Waals surface area contributed by atoms with Gasteiger partial charge in [0, 0.05) is 0 Å². The lowest BCUT2D eigenvalue weighted by molar-refractivity contribution is 0.242. The van der Waals surface area contributed by atoms with Crippen molar-refractivity contribution in [1.29, 1.82) is 0 Å². The van der Waals surface area contributed by atoms with Crippen LogP contribution < -0.4 is 18.9 Å². The summed E-state index contributed by atoms with van der Waals surface area (Å²) in [4.78, 5) is 0. The van der Waals surface area contributed by atoms with Crippen LogP contribution in [-0.2, 0) is 0 Å². The van der Waals surface area contributed by atoms with Gasteiger partial charge < -0.3 is 18.9 Å². The van der Waals surface area contributed by atoms with E-state index < -0.39 is 0 Å². The van der Waals surface area contributed by atoms with Crippen molar-refractivity contribution < 1.29 is 18.9 Å². The molecule has 0 aliphatic heterocycles. The van der Waals surface area contributed by atoms with Crippen LogP contribution in [0.5, 0.6) is 23.0 Å². The van der Waals surface area contributed by atoms with Crippen LogP contribution in [0.25, 0.3) is 23.3 Å². The van der Waals surface area contributed by atoms with Crippen LogP contribution in [0.15, 0.2) is 121 Å². The SMILES string of the molecule is CC(C)Oc1ccc(C(=Cc2ccc(C=C(c3ccc(OC(C)C)cc3)c3ccc(OC(C)C)cc3)cc2)c2ccc(OC(C)C)cc2)cc1. The van der Waals surface area contributed by atoms with Gasteiger partial charge in [-0.2, -0.15) is 0 Å². The summed E-state index contributed by atoms with van der Waals surface area (Å²) in [5.41, 5.74) is 8.89. The highest BCUT2D eigenvalue weighted by molar-refractivity contribution is 5.93. The largest absolute Gasteiger partial charge is 0.491 e. The minimum atomic E-state index is 0.119. The van der Waals surface area contributed by atoms with Crippen molar-refractivity contribution in [2.45, 2.75) is 79.8 Å². The van der Waals surface area contributed by atoms with Gasteiger partial charge in [0.05, 0.1) is 24.4 Å². The summed E-state index contributed by atoms with van der Waals surface area (Å²) in [6, 6.07) is 42.0. The summed E-state index contributed by atoms with van der Waals surface area (Å²) in [5, 5.41) is 0. The second-order valence-electron chi connectivity index (χ2n) is 13.5. The zero-order valence-electron chi connectivity index (χ0n) is 30.6. The van der Waals surface area contributed by atoms with E-state index in [2.05, 4.69) is 84.9 Å². The number of ether oxygens (including phenoxy) is 4. The van der Waals surface area contributed by atoms with Gasteiger partial charge in [-0.3, -0.25) is 0 Å². The summed E-state index contributed by atoms with van der Waals surface area (Å²) in [6.07, 6.45) is 4.96. The minimum absolute atomic E-state index is 0.119. The van der Waals surface area contributed by atoms with E-state index in [1.807, 2.05) is 104 Å². The first-order valence-electron chi connectivity index (χ1n) is 17.6. The van der Waals surface area contributed by atoms with Gasteiger partial charge in [0.2, 0.25) is 0 Å². The first-order chi connectivity index (χ1) is 24.0. The Labute approximate surface area is 299 Å². The van der Waals surface area contributed by atoms with Crippen molar-refractivity contribution in [2.75, 3.05) is 0 Å². The standard InChI is InChI=1S/C46H50O4/c1-31(2)47-41-21-13-37(14-22-41)45(38-15-23-42(24-16-38)48-32(3)4)29-35-9-11-36(12-10-35)30-46(39-17-25-43(26-18-39)49-33(5)6)40-19-27-44(28-20-40)50-34(7)8/h9-34H,1-8H3. The van der Waals surface area contributed by atoms with Gasteiger partial charge in [-0.05, 0) is 161 Å². The Morgan fingerprint density at radius 2 is 0.520 bits per heavy atom. The van der Waals surface area contributed by atoms with E-state index in [1.165, 1.54) is 0 Å². The summed E-state index contributed by atoms with van der Waals surface area (Å²) in [7, 11) is 0. The third-order valence-electron chi connectivity index (χ3n) is 7.71. The van der Waals surface area contributed by atoms with E-state index in [0.29, 0.717) is 0 Å². The van der Waals surface area contributed by atoms with Gasteiger partial charge in [-0.15, -0.1) is 0 Å². The third kappa shape index (κ3) is 10.4. The number of rotatable bonds is 14. The van der Waals surface area contributed by atoms with E-state index in [4.69, 9.17) is 18.9 Å². The Morgan fingerprint density at radius 3 is 0.700 bits per heavy atom. The van der Waals surface area contributed by atoms with Crippen molar-refractivity contribution >= 4 is 23.3 Å². The van der Waals surface area contributed by atoms with Gasteiger partial charge in [-0.25, -0.2) is 0 Å². The van der Waals surface area contributed by atoms with E-state index in [9.17, 15) is 0 Å². The molecular weight excluding hydrogens is 617 g/mol. The molecule has 0 radical (unpaired) electrons. The van der Waals surface area contributed by atoms with Crippen LogP contribution in [-0.4, -0.2) is 24.4 Å². The average molecular weight is 667 g/mol. The highest BCUT2D eigenvalue weighted by atomic mass is 16.5. The maximum Gasteiger partial charge on any atom is 0.119 e. The zero-order chi connectivity index (χ0) is 35.6. The molecule has 0 saturated carbocycles. The Morgan fingerprint density at radius 1 is 0.320 bits per heavy atom. The van der Waals surface area contributed by atoms with Crippen LogP contribution >= 0.6 is 0 Å². The van der Waals surface area contributed by atoms with E-state index >= 15 is 0 Å². The highest BCUT2D eigenvalue weighted by Gasteiger charge is 2.11. The molecule has 5 aromatic rings. The fraction of sp³-hybridized carbons (Fsp3) is 0.261. The summed E-state index contributed by atoms with van der Waals surface area (Å²) in [5.74, 6) is 3.44. The Bertz CT molecular complexity index is 1590. The monoisotopic (exact) mass is 666 g/mol. The maximum atomic E-state index is 5.92. The molecule has 0 amide bonds. The van der Waals surface area contributed by atoms with Gasteiger partial charge >= 0.3 is 0 Å². The predicted molar refractivity (Wildman–Crippen MR) is 209 cm³/mol. The van der Waals surface area contributed by atoms with E-state index in [0.717, 1.165) is 67.5 Å². The topological polar surface area (TPSA) is 36.9 Å². The Kier molecular flexibility index (Phi) is 12.2. The lowest BCUT2D eigenvalue weighted by Crippen LogP contribution is -2.05. The van der Waals surface area contributed by atoms with Gasteiger partial charge in [0.15, 0.2) is 0 Å². The summed E-state index contributed by atoms with van der Waals surface area (Å²) >= 11 is 0. The first kappa shape index (κ1) is 36.1.